The van der Waals surface area contributed by atoms with E-state index in [2.05, 4.69) is 15.6 Å². The molecule has 0 atom stereocenters. The lowest BCUT2D eigenvalue weighted by Gasteiger charge is -2.13. The van der Waals surface area contributed by atoms with E-state index in [1.807, 2.05) is 6.07 Å². The highest BCUT2D eigenvalue weighted by Crippen LogP contribution is 2.29. The van der Waals surface area contributed by atoms with Gasteiger partial charge in [-0.1, -0.05) is 17.7 Å². The van der Waals surface area contributed by atoms with Gasteiger partial charge in [0.05, 0.1) is 15.5 Å². The molecule has 3 rings (SSSR count). The number of anilines is 1. The van der Waals surface area contributed by atoms with Crippen LogP contribution in [0.5, 0.6) is 0 Å². The van der Waals surface area contributed by atoms with Crippen molar-refractivity contribution in [3.8, 4) is 0 Å². The Morgan fingerprint density at radius 1 is 1.07 bits per heavy atom. The maximum absolute atomic E-state index is 13.0. The van der Waals surface area contributed by atoms with Gasteiger partial charge < -0.3 is 10.6 Å². The first-order chi connectivity index (χ1) is 14.3. The predicted molar refractivity (Wildman–Crippen MR) is 113 cm³/mol. The Kier molecular flexibility index (Phi) is 6.49. The van der Waals surface area contributed by atoms with Crippen molar-refractivity contribution in [2.75, 3.05) is 5.32 Å². The largest absolute Gasteiger partial charge is 0.348 e. The van der Waals surface area contributed by atoms with Crippen molar-refractivity contribution in [1.82, 2.24) is 10.3 Å². The molecule has 2 N–H and O–H groups in total. The number of sulfone groups is 1. The first-order valence-corrected chi connectivity index (χ1v) is 10.7. The van der Waals surface area contributed by atoms with Crippen LogP contribution in [0.25, 0.3) is 0 Å². The van der Waals surface area contributed by atoms with E-state index in [9.17, 15) is 18.0 Å². The number of pyridine rings is 1. The van der Waals surface area contributed by atoms with Crippen molar-refractivity contribution in [1.29, 1.82) is 0 Å². The molecule has 0 radical (unpaired) electrons. The van der Waals surface area contributed by atoms with Gasteiger partial charge in [0.1, 0.15) is 0 Å². The van der Waals surface area contributed by atoms with Crippen LogP contribution < -0.4 is 10.6 Å². The van der Waals surface area contributed by atoms with E-state index in [-0.39, 0.29) is 27.6 Å². The maximum Gasteiger partial charge on any atom is 0.251 e. The van der Waals surface area contributed by atoms with E-state index in [0.717, 1.165) is 5.56 Å². The summed E-state index contributed by atoms with van der Waals surface area (Å²) in [7, 11) is -3.94. The Morgan fingerprint density at radius 3 is 2.43 bits per heavy atom. The highest BCUT2D eigenvalue weighted by molar-refractivity contribution is 7.91. The number of carbonyl (C=O) groups is 2. The first-order valence-electron chi connectivity index (χ1n) is 8.87. The molecular weight excluding hydrogens is 426 g/mol. The lowest BCUT2D eigenvalue weighted by molar-refractivity contribution is -0.114. The predicted octanol–water partition coefficient (Wildman–Crippen LogP) is 3.46. The quantitative estimate of drug-likeness (QED) is 0.607. The maximum atomic E-state index is 13.0. The zero-order valence-corrected chi connectivity index (χ0v) is 17.5. The number of halogens is 1. The van der Waals surface area contributed by atoms with Crippen LogP contribution in [0.2, 0.25) is 5.02 Å². The number of hydrogen-bond acceptors (Lipinski definition) is 5. The minimum absolute atomic E-state index is 0.0199. The standard InChI is InChI=1S/C21H18ClN3O4S/c1-14(26)25-19-11-16(21(27)24-13-15-3-2-10-23-12-15)4-9-20(19)30(28,29)18-7-5-17(22)6-8-18/h2-12H,13H2,1H3,(H,24,27)(H,25,26). The van der Waals surface area contributed by atoms with E-state index in [1.165, 1.54) is 49.4 Å². The average molecular weight is 444 g/mol. The van der Waals surface area contributed by atoms with Crippen LogP contribution in [0.15, 0.2) is 76.8 Å². The molecular formula is C21H18ClN3O4S. The van der Waals surface area contributed by atoms with Gasteiger partial charge in [-0.2, -0.15) is 0 Å². The zero-order chi connectivity index (χ0) is 21.7. The van der Waals surface area contributed by atoms with E-state index in [0.29, 0.717) is 5.02 Å². The number of amides is 2. The van der Waals surface area contributed by atoms with Gasteiger partial charge in [0, 0.05) is 36.4 Å². The second-order valence-corrected chi connectivity index (χ2v) is 8.75. The van der Waals surface area contributed by atoms with Crippen LogP contribution in [0, 0.1) is 0 Å². The van der Waals surface area contributed by atoms with E-state index in [1.54, 1.807) is 18.5 Å². The van der Waals surface area contributed by atoms with Crippen molar-refractivity contribution in [2.45, 2.75) is 23.3 Å². The smallest absolute Gasteiger partial charge is 0.251 e. The minimum atomic E-state index is -3.94. The third-order valence-electron chi connectivity index (χ3n) is 4.14. The molecule has 2 aromatic carbocycles. The van der Waals surface area contributed by atoms with Gasteiger partial charge >= 0.3 is 0 Å². The zero-order valence-electron chi connectivity index (χ0n) is 15.9. The van der Waals surface area contributed by atoms with Crippen molar-refractivity contribution in [2.24, 2.45) is 0 Å². The molecule has 30 heavy (non-hydrogen) atoms. The third kappa shape index (κ3) is 5.03. The van der Waals surface area contributed by atoms with Crippen LogP contribution in [-0.2, 0) is 21.2 Å². The Bertz CT molecular complexity index is 1180. The highest BCUT2D eigenvalue weighted by Gasteiger charge is 2.23. The molecule has 0 saturated heterocycles. The molecule has 0 spiro atoms. The number of carbonyl (C=O) groups excluding carboxylic acids is 2. The van der Waals surface area contributed by atoms with Gasteiger partial charge in [-0.3, -0.25) is 14.6 Å². The lowest BCUT2D eigenvalue weighted by Crippen LogP contribution is -2.23. The summed E-state index contributed by atoms with van der Waals surface area (Å²) in [6, 6.07) is 13.3. The molecule has 1 heterocycles. The summed E-state index contributed by atoms with van der Waals surface area (Å²) in [5, 5.41) is 5.63. The fraction of sp³-hybridized carbons (Fsp3) is 0.0952. The lowest BCUT2D eigenvalue weighted by atomic mass is 10.1. The number of nitrogens with zero attached hydrogens (tertiary/aromatic N) is 1. The molecule has 1 aromatic heterocycles. The van der Waals surface area contributed by atoms with Crippen LogP contribution in [0.3, 0.4) is 0 Å². The Morgan fingerprint density at radius 2 is 1.80 bits per heavy atom. The normalized spacial score (nSPS) is 11.0. The summed E-state index contributed by atoms with van der Waals surface area (Å²) in [5.74, 6) is -0.878. The number of nitrogens with one attached hydrogen (secondary N) is 2. The number of benzene rings is 2. The molecule has 0 saturated carbocycles. The van der Waals surface area contributed by atoms with E-state index in [4.69, 9.17) is 11.6 Å². The Balaban J connectivity index is 1.92. The molecule has 0 aliphatic heterocycles. The molecule has 3 aromatic rings. The van der Waals surface area contributed by atoms with E-state index < -0.39 is 21.7 Å². The van der Waals surface area contributed by atoms with Gasteiger partial charge in [0.15, 0.2) is 0 Å². The fourth-order valence-electron chi connectivity index (χ4n) is 2.72. The second kappa shape index (κ2) is 9.06. The number of rotatable bonds is 6. The second-order valence-electron chi connectivity index (χ2n) is 6.39. The van der Waals surface area contributed by atoms with Crippen molar-refractivity contribution in [3.05, 3.63) is 83.1 Å². The minimum Gasteiger partial charge on any atom is -0.348 e. The Hall–Kier alpha value is -3.23. The molecule has 9 heteroatoms. The van der Waals surface area contributed by atoms with Gasteiger partial charge in [-0.05, 0) is 54.1 Å². The topological polar surface area (TPSA) is 105 Å². The van der Waals surface area contributed by atoms with Gasteiger partial charge in [0.25, 0.3) is 5.91 Å². The van der Waals surface area contributed by atoms with Gasteiger partial charge in [-0.15, -0.1) is 0 Å². The van der Waals surface area contributed by atoms with Gasteiger partial charge in [0.2, 0.25) is 15.7 Å². The van der Waals surface area contributed by atoms with E-state index >= 15 is 0 Å². The number of aromatic nitrogens is 1. The molecule has 7 nitrogen and oxygen atoms in total. The Labute approximate surface area is 179 Å². The van der Waals surface area contributed by atoms with Crippen molar-refractivity contribution in [3.63, 3.8) is 0 Å². The monoisotopic (exact) mass is 443 g/mol. The summed E-state index contributed by atoms with van der Waals surface area (Å²) < 4.78 is 26.1. The molecule has 0 aliphatic carbocycles. The van der Waals surface area contributed by atoms with Gasteiger partial charge in [-0.25, -0.2) is 8.42 Å². The molecule has 154 valence electrons. The molecule has 0 bridgehead atoms. The van der Waals surface area contributed by atoms with Crippen LogP contribution in [-0.4, -0.2) is 25.2 Å². The first kappa shape index (κ1) is 21.5. The summed E-state index contributed by atoms with van der Waals surface area (Å²) in [5.41, 5.74) is 1.04. The van der Waals surface area contributed by atoms with Crippen molar-refractivity contribution < 1.29 is 18.0 Å². The summed E-state index contributed by atoms with van der Waals surface area (Å²) >= 11 is 5.84. The average Bonchev–Trinajstić information content (AvgIpc) is 2.72. The highest BCUT2D eigenvalue weighted by atomic mass is 35.5. The molecule has 0 unspecified atom stereocenters. The molecule has 2 amide bonds. The fourth-order valence-corrected chi connectivity index (χ4v) is 4.24. The summed E-state index contributed by atoms with van der Waals surface area (Å²) in [6.07, 6.45) is 3.26. The van der Waals surface area contributed by atoms with Crippen molar-refractivity contribution >= 4 is 38.9 Å². The number of hydrogen-bond donors (Lipinski definition) is 2. The van der Waals surface area contributed by atoms with Crippen LogP contribution >= 0.6 is 11.6 Å². The summed E-state index contributed by atoms with van der Waals surface area (Å²) in [6.45, 7) is 1.51. The molecule has 0 aliphatic rings. The SMILES string of the molecule is CC(=O)Nc1cc(C(=O)NCc2cccnc2)ccc1S(=O)(=O)c1ccc(Cl)cc1. The van der Waals surface area contributed by atoms with Crippen LogP contribution in [0.1, 0.15) is 22.8 Å². The van der Waals surface area contributed by atoms with Crippen LogP contribution in [0.4, 0.5) is 5.69 Å². The molecule has 0 fully saturated rings. The third-order valence-corrected chi connectivity index (χ3v) is 6.22. The summed E-state index contributed by atoms with van der Waals surface area (Å²) in [4.78, 5) is 28.0.